The van der Waals surface area contributed by atoms with Gasteiger partial charge in [0.1, 0.15) is 5.76 Å². The maximum absolute atomic E-state index is 12.1. The largest absolute Gasteiger partial charge is 0.456 e. The van der Waals surface area contributed by atoms with Crippen LogP contribution in [-0.2, 0) is 6.42 Å². The van der Waals surface area contributed by atoms with Gasteiger partial charge in [0.05, 0.1) is 0 Å². The van der Waals surface area contributed by atoms with Crippen molar-refractivity contribution in [2.45, 2.75) is 33.1 Å². The van der Waals surface area contributed by atoms with Crippen LogP contribution in [0.5, 0.6) is 0 Å². The van der Waals surface area contributed by atoms with Crippen molar-refractivity contribution in [2.75, 3.05) is 13.1 Å². The van der Waals surface area contributed by atoms with Gasteiger partial charge in [-0.1, -0.05) is 13.8 Å². The van der Waals surface area contributed by atoms with Crippen LogP contribution in [0.1, 0.15) is 43.0 Å². The average Bonchev–Trinajstić information content (AvgIpc) is 2.77. The van der Waals surface area contributed by atoms with Crippen LogP contribution in [0, 0.1) is 5.92 Å². The highest BCUT2D eigenvalue weighted by Gasteiger charge is 2.23. The molecule has 0 aromatic carbocycles. The van der Waals surface area contributed by atoms with E-state index in [-0.39, 0.29) is 5.91 Å². The van der Waals surface area contributed by atoms with Gasteiger partial charge in [-0.15, -0.1) is 0 Å². The molecule has 1 aromatic rings. The zero-order chi connectivity index (χ0) is 11.5. The highest BCUT2D eigenvalue weighted by molar-refractivity contribution is 5.91. The zero-order valence-corrected chi connectivity index (χ0v) is 10.0. The number of carbonyl (C=O) groups is 1. The standard InChI is InChI=1S/C13H19NO2/c1-3-11-4-5-12(16-11)13(15)14-8-6-10(2)7-9-14/h4-5,10H,3,6-9H2,1-2H3. The molecule has 0 saturated carbocycles. The van der Waals surface area contributed by atoms with E-state index in [1.54, 1.807) is 6.07 Å². The Bertz CT molecular complexity index is 362. The molecule has 0 spiro atoms. The number of carbonyl (C=O) groups excluding carboxylic acids is 1. The number of rotatable bonds is 2. The second-order valence-corrected chi connectivity index (χ2v) is 4.59. The lowest BCUT2D eigenvalue weighted by Gasteiger charge is -2.29. The Labute approximate surface area is 96.4 Å². The molecular formula is C13H19NO2. The summed E-state index contributed by atoms with van der Waals surface area (Å²) < 4.78 is 5.48. The van der Waals surface area contributed by atoms with Gasteiger partial charge >= 0.3 is 0 Å². The normalized spacial score (nSPS) is 17.8. The molecule has 16 heavy (non-hydrogen) atoms. The summed E-state index contributed by atoms with van der Waals surface area (Å²) in [5, 5.41) is 0. The van der Waals surface area contributed by atoms with Crippen LogP contribution in [0.2, 0.25) is 0 Å². The van der Waals surface area contributed by atoms with Crippen molar-refractivity contribution in [3.05, 3.63) is 23.7 Å². The van der Waals surface area contributed by atoms with Crippen LogP contribution in [0.15, 0.2) is 16.5 Å². The number of nitrogens with zero attached hydrogens (tertiary/aromatic N) is 1. The van der Waals surface area contributed by atoms with Crippen LogP contribution >= 0.6 is 0 Å². The molecule has 1 aliphatic heterocycles. The number of furan rings is 1. The fourth-order valence-electron chi connectivity index (χ4n) is 2.05. The second kappa shape index (κ2) is 4.73. The Morgan fingerprint density at radius 2 is 2.12 bits per heavy atom. The lowest BCUT2D eigenvalue weighted by Crippen LogP contribution is -2.37. The summed E-state index contributed by atoms with van der Waals surface area (Å²) in [6, 6.07) is 3.68. The van der Waals surface area contributed by atoms with Crippen LogP contribution in [0.25, 0.3) is 0 Å². The van der Waals surface area contributed by atoms with Crippen molar-refractivity contribution >= 4 is 5.91 Å². The van der Waals surface area contributed by atoms with Crippen LogP contribution in [-0.4, -0.2) is 23.9 Å². The van der Waals surface area contributed by atoms with E-state index in [4.69, 9.17) is 4.42 Å². The molecule has 1 amide bonds. The second-order valence-electron chi connectivity index (χ2n) is 4.59. The number of hydrogen-bond acceptors (Lipinski definition) is 2. The van der Waals surface area contributed by atoms with Crippen LogP contribution < -0.4 is 0 Å². The van der Waals surface area contributed by atoms with Gasteiger partial charge in [0.2, 0.25) is 0 Å². The first kappa shape index (κ1) is 11.2. The molecule has 1 fully saturated rings. The minimum absolute atomic E-state index is 0.0478. The highest BCUT2D eigenvalue weighted by Crippen LogP contribution is 2.19. The molecule has 1 aromatic heterocycles. The van der Waals surface area contributed by atoms with Gasteiger partial charge in [-0.25, -0.2) is 0 Å². The van der Waals surface area contributed by atoms with Gasteiger partial charge < -0.3 is 9.32 Å². The Kier molecular flexibility index (Phi) is 3.32. The summed E-state index contributed by atoms with van der Waals surface area (Å²) >= 11 is 0. The summed E-state index contributed by atoms with van der Waals surface area (Å²) in [6.07, 6.45) is 3.05. The summed E-state index contributed by atoms with van der Waals surface area (Å²) in [7, 11) is 0. The van der Waals surface area contributed by atoms with E-state index in [9.17, 15) is 4.79 Å². The molecule has 0 aliphatic carbocycles. The molecule has 0 radical (unpaired) electrons. The van der Waals surface area contributed by atoms with E-state index in [2.05, 4.69) is 6.92 Å². The minimum atomic E-state index is 0.0478. The molecule has 3 heteroatoms. The monoisotopic (exact) mass is 221 g/mol. The van der Waals surface area contributed by atoms with E-state index in [1.165, 1.54) is 0 Å². The summed E-state index contributed by atoms with van der Waals surface area (Å²) in [5.41, 5.74) is 0. The van der Waals surface area contributed by atoms with Crippen molar-refractivity contribution in [1.82, 2.24) is 4.90 Å². The predicted molar refractivity (Wildman–Crippen MR) is 62.4 cm³/mol. The molecular weight excluding hydrogens is 202 g/mol. The Balaban J connectivity index is 2.01. The molecule has 0 bridgehead atoms. The number of likely N-dealkylation sites (tertiary alicyclic amines) is 1. The number of amides is 1. The SMILES string of the molecule is CCc1ccc(C(=O)N2CCC(C)CC2)o1. The maximum atomic E-state index is 12.1. The molecule has 1 aliphatic rings. The van der Waals surface area contributed by atoms with Crippen molar-refractivity contribution in [2.24, 2.45) is 5.92 Å². The third-order valence-electron chi connectivity index (χ3n) is 3.29. The van der Waals surface area contributed by atoms with E-state index >= 15 is 0 Å². The maximum Gasteiger partial charge on any atom is 0.289 e. The molecule has 0 N–H and O–H groups in total. The third-order valence-corrected chi connectivity index (χ3v) is 3.29. The third kappa shape index (κ3) is 2.29. The molecule has 3 nitrogen and oxygen atoms in total. The number of aryl methyl sites for hydroxylation is 1. The van der Waals surface area contributed by atoms with Crippen LogP contribution in [0.4, 0.5) is 0 Å². The first-order valence-electron chi connectivity index (χ1n) is 6.08. The Morgan fingerprint density at radius 1 is 1.44 bits per heavy atom. The summed E-state index contributed by atoms with van der Waals surface area (Å²) in [6.45, 7) is 5.99. The van der Waals surface area contributed by atoms with Crippen LogP contribution in [0.3, 0.4) is 0 Å². The van der Waals surface area contributed by atoms with Gasteiger partial charge in [-0.2, -0.15) is 0 Å². The van der Waals surface area contributed by atoms with Gasteiger partial charge in [0.15, 0.2) is 5.76 Å². The quantitative estimate of drug-likeness (QED) is 0.769. The fourth-order valence-corrected chi connectivity index (χ4v) is 2.05. The lowest BCUT2D eigenvalue weighted by molar-refractivity contribution is 0.0663. The average molecular weight is 221 g/mol. The van der Waals surface area contributed by atoms with E-state index in [0.29, 0.717) is 5.76 Å². The van der Waals surface area contributed by atoms with Gasteiger partial charge in [0.25, 0.3) is 5.91 Å². The molecule has 2 rings (SSSR count). The minimum Gasteiger partial charge on any atom is -0.456 e. The first-order chi connectivity index (χ1) is 7.70. The topological polar surface area (TPSA) is 33.5 Å². The van der Waals surface area contributed by atoms with E-state index < -0.39 is 0 Å². The molecule has 0 unspecified atom stereocenters. The van der Waals surface area contributed by atoms with Crippen molar-refractivity contribution in [3.63, 3.8) is 0 Å². The van der Waals surface area contributed by atoms with E-state index in [1.807, 2.05) is 17.9 Å². The number of piperidine rings is 1. The molecule has 2 heterocycles. The van der Waals surface area contributed by atoms with Crippen molar-refractivity contribution in [3.8, 4) is 0 Å². The highest BCUT2D eigenvalue weighted by atomic mass is 16.4. The predicted octanol–water partition coefficient (Wildman–Crippen LogP) is 2.71. The molecule has 1 saturated heterocycles. The van der Waals surface area contributed by atoms with E-state index in [0.717, 1.165) is 44.0 Å². The summed E-state index contributed by atoms with van der Waals surface area (Å²) in [5.74, 6) is 2.17. The fraction of sp³-hybridized carbons (Fsp3) is 0.615. The Hall–Kier alpha value is -1.25. The molecule has 88 valence electrons. The Morgan fingerprint density at radius 3 is 2.69 bits per heavy atom. The lowest BCUT2D eigenvalue weighted by atomic mass is 9.99. The first-order valence-corrected chi connectivity index (χ1v) is 6.08. The molecule has 0 atom stereocenters. The van der Waals surface area contributed by atoms with Gasteiger partial charge in [0, 0.05) is 19.5 Å². The summed E-state index contributed by atoms with van der Waals surface area (Å²) in [4.78, 5) is 14.0. The van der Waals surface area contributed by atoms with Crippen molar-refractivity contribution < 1.29 is 9.21 Å². The zero-order valence-electron chi connectivity index (χ0n) is 10.0. The van der Waals surface area contributed by atoms with Gasteiger partial charge in [-0.05, 0) is 30.9 Å². The van der Waals surface area contributed by atoms with Crippen molar-refractivity contribution in [1.29, 1.82) is 0 Å². The number of hydrogen-bond donors (Lipinski definition) is 0. The van der Waals surface area contributed by atoms with Gasteiger partial charge in [-0.3, -0.25) is 4.79 Å². The smallest absolute Gasteiger partial charge is 0.289 e.